The number of likely N-dealkylation sites (N-methyl/N-ethyl adjacent to an activating group) is 1. The fourth-order valence-electron chi connectivity index (χ4n) is 3.44. The van der Waals surface area contributed by atoms with Gasteiger partial charge in [0.05, 0.1) is 23.6 Å². The predicted molar refractivity (Wildman–Crippen MR) is 118 cm³/mol. The van der Waals surface area contributed by atoms with Gasteiger partial charge in [0.25, 0.3) is 0 Å². The third kappa shape index (κ3) is 5.28. The van der Waals surface area contributed by atoms with Gasteiger partial charge in [0.1, 0.15) is 11.6 Å². The first-order valence-electron chi connectivity index (χ1n) is 9.88. The highest BCUT2D eigenvalue weighted by molar-refractivity contribution is 7.89. The van der Waals surface area contributed by atoms with Gasteiger partial charge >= 0.3 is 0 Å². The SMILES string of the molecule is CCN(CC(=O)N1CCN(c2ccc(F)cc2)CC1)S(=O)(=O)c1ccc(OC)c(Cl)c1. The lowest BCUT2D eigenvalue weighted by Crippen LogP contribution is -2.51. The Morgan fingerprint density at radius 1 is 1.13 bits per heavy atom. The summed E-state index contributed by atoms with van der Waals surface area (Å²) >= 11 is 6.08. The van der Waals surface area contributed by atoms with Gasteiger partial charge in [-0.3, -0.25) is 4.79 Å². The van der Waals surface area contributed by atoms with E-state index >= 15 is 0 Å². The molecule has 2 aromatic carbocycles. The Morgan fingerprint density at radius 2 is 1.77 bits per heavy atom. The molecule has 10 heteroatoms. The summed E-state index contributed by atoms with van der Waals surface area (Å²) in [4.78, 5) is 16.5. The topological polar surface area (TPSA) is 70.2 Å². The van der Waals surface area contributed by atoms with E-state index in [1.165, 1.54) is 37.4 Å². The van der Waals surface area contributed by atoms with Crippen molar-refractivity contribution in [2.45, 2.75) is 11.8 Å². The van der Waals surface area contributed by atoms with Gasteiger partial charge in [0.2, 0.25) is 15.9 Å². The molecule has 0 unspecified atom stereocenters. The molecular weight excluding hydrogens is 445 g/mol. The molecule has 0 spiro atoms. The second-order valence-electron chi connectivity index (χ2n) is 7.07. The van der Waals surface area contributed by atoms with Gasteiger partial charge in [0.15, 0.2) is 0 Å². The number of carbonyl (C=O) groups is 1. The number of halogens is 2. The molecule has 1 saturated heterocycles. The molecule has 0 aliphatic carbocycles. The number of benzene rings is 2. The Kier molecular flexibility index (Phi) is 7.40. The highest BCUT2D eigenvalue weighted by Crippen LogP contribution is 2.28. The second kappa shape index (κ2) is 9.84. The lowest BCUT2D eigenvalue weighted by atomic mass is 10.2. The number of ether oxygens (including phenoxy) is 1. The summed E-state index contributed by atoms with van der Waals surface area (Å²) in [6, 6.07) is 10.4. The van der Waals surface area contributed by atoms with Crippen molar-refractivity contribution in [3.8, 4) is 5.75 Å². The maximum Gasteiger partial charge on any atom is 0.243 e. The van der Waals surface area contributed by atoms with E-state index in [1.54, 1.807) is 24.0 Å². The van der Waals surface area contributed by atoms with Gasteiger partial charge in [-0.15, -0.1) is 0 Å². The highest BCUT2D eigenvalue weighted by Gasteiger charge is 2.29. The molecule has 1 aliphatic rings. The summed E-state index contributed by atoms with van der Waals surface area (Å²) in [5, 5.41) is 0.183. The van der Waals surface area contributed by atoms with Crippen molar-refractivity contribution in [2.75, 3.05) is 51.3 Å². The van der Waals surface area contributed by atoms with Crippen LogP contribution in [-0.4, -0.2) is 69.9 Å². The number of methoxy groups -OCH3 is 1. The van der Waals surface area contributed by atoms with E-state index in [2.05, 4.69) is 4.90 Å². The fraction of sp³-hybridized carbons (Fsp3) is 0.381. The molecule has 0 bridgehead atoms. The van der Waals surface area contributed by atoms with Crippen LogP contribution in [0, 0.1) is 5.82 Å². The molecule has 0 atom stereocenters. The number of rotatable bonds is 7. The number of nitrogens with zero attached hydrogens (tertiary/aromatic N) is 3. The van der Waals surface area contributed by atoms with Crippen LogP contribution in [0.25, 0.3) is 0 Å². The van der Waals surface area contributed by atoms with Crippen LogP contribution >= 0.6 is 11.6 Å². The van der Waals surface area contributed by atoms with Crippen LogP contribution in [0.5, 0.6) is 5.75 Å². The molecule has 1 heterocycles. The Balaban J connectivity index is 1.64. The largest absolute Gasteiger partial charge is 0.495 e. The van der Waals surface area contributed by atoms with Crippen LogP contribution in [-0.2, 0) is 14.8 Å². The van der Waals surface area contributed by atoms with E-state index in [0.717, 1.165) is 9.99 Å². The highest BCUT2D eigenvalue weighted by atomic mass is 35.5. The van der Waals surface area contributed by atoms with Gasteiger partial charge in [-0.05, 0) is 42.5 Å². The summed E-state index contributed by atoms with van der Waals surface area (Å²) in [6.45, 7) is 3.67. The van der Waals surface area contributed by atoms with Gasteiger partial charge < -0.3 is 14.5 Å². The standard InChI is InChI=1S/C21H25ClFN3O4S/c1-3-26(31(28,29)18-8-9-20(30-2)19(22)14-18)15-21(27)25-12-10-24(11-13-25)17-6-4-16(23)5-7-17/h4-9,14H,3,10-13,15H2,1-2H3. The second-order valence-corrected chi connectivity index (χ2v) is 9.42. The first-order valence-corrected chi connectivity index (χ1v) is 11.7. The van der Waals surface area contributed by atoms with Crippen LogP contribution in [0.15, 0.2) is 47.4 Å². The number of carbonyl (C=O) groups excluding carboxylic acids is 1. The molecular formula is C21H25ClFN3O4S. The van der Waals surface area contributed by atoms with Crippen molar-refractivity contribution in [1.29, 1.82) is 0 Å². The number of hydrogen-bond donors (Lipinski definition) is 0. The number of anilines is 1. The van der Waals surface area contributed by atoms with Crippen LogP contribution in [0.1, 0.15) is 6.92 Å². The van der Waals surface area contributed by atoms with E-state index in [0.29, 0.717) is 31.9 Å². The third-order valence-electron chi connectivity index (χ3n) is 5.25. The van der Waals surface area contributed by atoms with E-state index < -0.39 is 10.0 Å². The van der Waals surface area contributed by atoms with Gasteiger partial charge in [-0.25, -0.2) is 12.8 Å². The summed E-state index contributed by atoms with van der Waals surface area (Å²) in [5.41, 5.74) is 0.891. The fourth-order valence-corrected chi connectivity index (χ4v) is 5.19. The molecule has 7 nitrogen and oxygen atoms in total. The number of sulfonamides is 1. The predicted octanol–water partition coefficient (Wildman–Crippen LogP) is 2.85. The normalized spacial score (nSPS) is 14.7. The first kappa shape index (κ1) is 23.3. The summed E-state index contributed by atoms with van der Waals surface area (Å²) in [6.07, 6.45) is 0. The average molecular weight is 470 g/mol. The van der Waals surface area contributed by atoms with Crippen LogP contribution in [0.4, 0.5) is 10.1 Å². The smallest absolute Gasteiger partial charge is 0.243 e. The first-order chi connectivity index (χ1) is 14.8. The minimum Gasteiger partial charge on any atom is -0.495 e. The quantitative estimate of drug-likeness (QED) is 0.623. The van der Waals surface area contributed by atoms with E-state index in [9.17, 15) is 17.6 Å². The molecule has 2 aromatic rings. The van der Waals surface area contributed by atoms with Crippen molar-refractivity contribution < 1.29 is 22.3 Å². The molecule has 0 saturated carbocycles. The van der Waals surface area contributed by atoms with Gasteiger partial charge in [-0.1, -0.05) is 18.5 Å². The molecule has 3 rings (SSSR count). The molecule has 31 heavy (non-hydrogen) atoms. The lowest BCUT2D eigenvalue weighted by Gasteiger charge is -2.36. The summed E-state index contributed by atoms with van der Waals surface area (Å²) in [5.74, 6) is -0.181. The van der Waals surface area contributed by atoms with Crippen LogP contribution in [0.3, 0.4) is 0 Å². The zero-order valence-corrected chi connectivity index (χ0v) is 19.0. The Hall–Kier alpha value is -2.36. The summed E-state index contributed by atoms with van der Waals surface area (Å²) in [7, 11) is -2.44. The Labute approximate surface area is 187 Å². The van der Waals surface area contributed by atoms with Crippen LogP contribution in [0.2, 0.25) is 5.02 Å². The molecule has 1 aliphatic heterocycles. The number of piperazine rings is 1. The molecule has 168 valence electrons. The van der Waals surface area contributed by atoms with E-state index in [-0.39, 0.29) is 34.7 Å². The molecule has 0 aromatic heterocycles. The van der Waals surface area contributed by atoms with Gasteiger partial charge in [-0.2, -0.15) is 4.31 Å². The lowest BCUT2D eigenvalue weighted by molar-refractivity contribution is -0.131. The Morgan fingerprint density at radius 3 is 2.32 bits per heavy atom. The molecule has 0 radical (unpaired) electrons. The van der Waals surface area contributed by atoms with Crippen LogP contribution < -0.4 is 9.64 Å². The molecule has 1 fully saturated rings. The average Bonchev–Trinajstić information content (AvgIpc) is 2.77. The van der Waals surface area contributed by atoms with Gasteiger partial charge in [0, 0.05) is 38.4 Å². The maximum absolute atomic E-state index is 13.1. The number of amides is 1. The van der Waals surface area contributed by atoms with E-state index in [4.69, 9.17) is 16.3 Å². The minimum absolute atomic E-state index is 0.00841. The van der Waals surface area contributed by atoms with Crippen molar-refractivity contribution in [1.82, 2.24) is 9.21 Å². The van der Waals surface area contributed by atoms with E-state index in [1.807, 2.05) is 0 Å². The third-order valence-corrected chi connectivity index (χ3v) is 7.46. The maximum atomic E-state index is 13.1. The monoisotopic (exact) mass is 469 g/mol. The summed E-state index contributed by atoms with van der Waals surface area (Å²) < 4.78 is 45.4. The molecule has 1 amide bonds. The zero-order valence-electron chi connectivity index (χ0n) is 17.4. The van der Waals surface area contributed by atoms with Crippen molar-refractivity contribution >= 4 is 33.2 Å². The van der Waals surface area contributed by atoms with Crippen molar-refractivity contribution in [3.63, 3.8) is 0 Å². The number of hydrogen-bond acceptors (Lipinski definition) is 5. The molecule has 0 N–H and O–H groups in total. The van der Waals surface area contributed by atoms with Crippen molar-refractivity contribution in [3.05, 3.63) is 53.3 Å². The minimum atomic E-state index is -3.89. The zero-order chi connectivity index (χ0) is 22.6. The Bertz CT molecular complexity index is 1030. The van der Waals surface area contributed by atoms with Crippen molar-refractivity contribution in [2.24, 2.45) is 0 Å².